The number of benzene rings is 1. The van der Waals surface area contributed by atoms with Gasteiger partial charge >= 0.3 is 0 Å². The summed E-state index contributed by atoms with van der Waals surface area (Å²) in [6.45, 7) is 0. The van der Waals surface area contributed by atoms with Gasteiger partial charge in [-0.15, -0.1) is 11.6 Å². The first-order valence-corrected chi connectivity index (χ1v) is 4.38. The third kappa shape index (κ3) is 2.13. The first-order valence-electron chi connectivity index (χ1n) is 3.94. The molecule has 1 aromatic carbocycles. The minimum Gasteiger partial charge on any atom is -0.494 e. The van der Waals surface area contributed by atoms with Gasteiger partial charge < -0.3 is 10.1 Å². The predicted molar refractivity (Wildman–Crippen MR) is 50.6 cm³/mol. The van der Waals surface area contributed by atoms with Crippen molar-refractivity contribution in [3.8, 4) is 5.75 Å². The molecule has 1 atom stereocenters. The van der Waals surface area contributed by atoms with Crippen molar-refractivity contribution >= 4 is 11.6 Å². The van der Waals surface area contributed by atoms with Crippen LogP contribution >= 0.6 is 11.6 Å². The largest absolute Gasteiger partial charge is 0.494 e. The lowest BCUT2D eigenvalue weighted by Gasteiger charge is -2.11. The Labute approximate surface area is 85.8 Å². The second kappa shape index (κ2) is 4.57. The summed E-state index contributed by atoms with van der Waals surface area (Å²) >= 11 is 5.70. The van der Waals surface area contributed by atoms with E-state index in [1.807, 2.05) is 0 Å². The summed E-state index contributed by atoms with van der Waals surface area (Å²) in [4.78, 5) is 0. The van der Waals surface area contributed by atoms with E-state index in [0.29, 0.717) is 0 Å². The van der Waals surface area contributed by atoms with Crippen LogP contribution in [0.25, 0.3) is 0 Å². The maximum absolute atomic E-state index is 13.3. The van der Waals surface area contributed by atoms with Crippen LogP contribution in [0, 0.1) is 11.6 Å². The van der Waals surface area contributed by atoms with E-state index in [1.165, 1.54) is 7.11 Å². The maximum Gasteiger partial charge on any atom is 0.165 e. The summed E-state index contributed by atoms with van der Waals surface area (Å²) < 4.78 is 31.0. The number of rotatable bonds is 3. The number of methoxy groups -OCH3 is 1. The zero-order valence-electron chi connectivity index (χ0n) is 7.77. The Balaban J connectivity index is 3.14. The number of alkyl halides is 1. The third-order valence-corrected chi connectivity index (χ3v) is 2.25. The second-order valence-corrected chi connectivity index (χ2v) is 3.10. The van der Waals surface area contributed by atoms with E-state index in [9.17, 15) is 8.78 Å². The number of halogens is 3. The van der Waals surface area contributed by atoms with Crippen molar-refractivity contribution in [1.29, 1.82) is 0 Å². The van der Waals surface area contributed by atoms with Crippen molar-refractivity contribution in [1.82, 2.24) is 5.32 Å². The SMILES string of the molecule is CNC(Cl)c1cc(F)c(OC)cc1F. The standard InChI is InChI=1S/C9H10ClF2NO/c1-13-9(10)5-3-7(12)8(14-2)4-6(5)11/h3-4,9,13H,1-2H3. The first kappa shape index (κ1) is 11.2. The quantitative estimate of drug-likeness (QED) is 0.625. The molecule has 1 unspecified atom stereocenters. The third-order valence-electron chi connectivity index (χ3n) is 1.80. The van der Waals surface area contributed by atoms with E-state index < -0.39 is 17.1 Å². The van der Waals surface area contributed by atoms with E-state index in [1.54, 1.807) is 7.05 Å². The van der Waals surface area contributed by atoms with Gasteiger partial charge in [0.15, 0.2) is 11.6 Å². The zero-order chi connectivity index (χ0) is 10.7. The van der Waals surface area contributed by atoms with Crippen molar-refractivity contribution < 1.29 is 13.5 Å². The molecule has 0 aliphatic carbocycles. The minimum atomic E-state index is -0.754. The van der Waals surface area contributed by atoms with Crippen LogP contribution in [0.4, 0.5) is 8.78 Å². The summed E-state index contributed by atoms with van der Waals surface area (Å²) in [5.74, 6) is -1.37. The molecule has 0 spiro atoms. The molecule has 0 radical (unpaired) electrons. The fraction of sp³-hybridized carbons (Fsp3) is 0.333. The van der Waals surface area contributed by atoms with Crippen LogP contribution in [-0.2, 0) is 0 Å². The summed E-state index contributed by atoms with van der Waals surface area (Å²) in [6, 6.07) is 1.99. The fourth-order valence-corrected chi connectivity index (χ4v) is 1.22. The lowest BCUT2D eigenvalue weighted by molar-refractivity contribution is 0.381. The van der Waals surface area contributed by atoms with Gasteiger partial charge in [-0.25, -0.2) is 8.78 Å². The Morgan fingerprint density at radius 1 is 1.36 bits per heavy atom. The number of hydrogen-bond donors (Lipinski definition) is 1. The van der Waals surface area contributed by atoms with Crippen molar-refractivity contribution in [2.24, 2.45) is 0 Å². The van der Waals surface area contributed by atoms with Crippen molar-refractivity contribution in [2.75, 3.05) is 14.2 Å². The Kier molecular flexibility index (Phi) is 3.66. The highest BCUT2D eigenvalue weighted by atomic mass is 35.5. The molecular weight excluding hydrogens is 212 g/mol. The summed E-state index contributed by atoms with van der Waals surface area (Å²) in [5.41, 5.74) is -0.692. The van der Waals surface area contributed by atoms with Gasteiger partial charge in [0.1, 0.15) is 11.3 Å². The van der Waals surface area contributed by atoms with E-state index >= 15 is 0 Å². The molecule has 1 aromatic rings. The van der Waals surface area contributed by atoms with Crippen LogP contribution in [0.2, 0.25) is 0 Å². The molecule has 2 nitrogen and oxygen atoms in total. The van der Waals surface area contributed by atoms with Crippen LogP contribution in [0.15, 0.2) is 12.1 Å². The molecule has 5 heteroatoms. The minimum absolute atomic E-state index is 0.0625. The van der Waals surface area contributed by atoms with E-state index in [-0.39, 0.29) is 11.3 Å². The average Bonchev–Trinajstić information content (AvgIpc) is 2.19. The Bertz CT molecular complexity index is 333. The number of ether oxygens (including phenoxy) is 1. The van der Waals surface area contributed by atoms with E-state index in [2.05, 4.69) is 10.1 Å². The molecule has 0 aromatic heterocycles. The molecule has 1 N–H and O–H groups in total. The molecular formula is C9H10ClF2NO. The Hall–Kier alpha value is -0.870. The van der Waals surface area contributed by atoms with Crippen LogP contribution in [0.5, 0.6) is 5.75 Å². The van der Waals surface area contributed by atoms with Gasteiger partial charge in [-0.05, 0) is 13.1 Å². The van der Waals surface area contributed by atoms with Gasteiger partial charge in [-0.3, -0.25) is 0 Å². The number of hydrogen-bond acceptors (Lipinski definition) is 2. The van der Waals surface area contributed by atoms with Crippen molar-refractivity contribution in [2.45, 2.75) is 5.50 Å². The maximum atomic E-state index is 13.3. The molecule has 0 fully saturated rings. The van der Waals surface area contributed by atoms with E-state index in [4.69, 9.17) is 11.6 Å². The van der Waals surface area contributed by atoms with Crippen LogP contribution in [-0.4, -0.2) is 14.2 Å². The molecule has 0 saturated heterocycles. The highest BCUT2D eigenvalue weighted by Crippen LogP contribution is 2.26. The molecule has 0 aliphatic heterocycles. The highest BCUT2D eigenvalue weighted by Gasteiger charge is 2.15. The van der Waals surface area contributed by atoms with Crippen LogP contribution < -0.4 is 10.1 Å². The van der Waals surface area contributed by atoms with Gasteiger partial charge in [0.25, 0.3) is 0 Å². The van der Waals surface area contributed by atoms with E-state index in [0.717, 1.165) is 12.1 Å². The lowest BCUT2D eigenvalue weighted by Crippen LogP contribution is -2.12. The molecule has 0 heterocycles. The average molecular weight is 222 g/mol. The molecule has 0 aliphatic rings. The molecule has 78 valence electrons. The summed E-state index contributed by atoms with van der Waals surface area (Å²) in [5, 5.41) is 2.60. The van der Waals surface area contributed by atoms with Crippen LogP contribution in [0.3, 0.4) is 0 Å². The Morgan fingerprint density at radius 2 is 2.00 bits per heavy atom. The molecule has 0 bridgehead atoms. The van der Waals surface area contributed by atoms with Gasteiger partial charge in [0.2, 0.25) is 0 Å². The second-order valence-electron chi connectivity index (χ2n) is 2.66. The highest BCUT2D eigenvalue weighted by molar-refractivity contribution is 6.20. The smallest absolute Gasteiger partial charge is 0.165 e. The van der Waals surface area contributed by atoms with Gasteiger partial charge in [0.05, 0.1) is 7.11 Å². The van der Waals surface area contributed by atoms with Gasteiger partial charge in [-0.2, -0.15) is 0 Å². The van der Waals surface area contributed by atoms with Crippen molar-refractivity contribution in [3.05, 3.63) is 29.3 Å². The molecule has 1 rings (SSSR count). The topological polar surface area (TPSA) is 21.3 Å². The molecule has 0 amide bonds. The first-order chi connectivity index (χ1) is 6.60. The summed E-state index contributed by atoms with van der Waals surface area (Å²) in [7, 11) is 2.83. The van der Waals surface area contributed by atoms with Gasteiger partial charge in [0, 0.05) is 11.6 Å². The van der Waals surface area contributed by atoms with Crippen LogP contribution in [0.1, 0.15) is 11.1 Å². The predicted octanol–water partition coefficient (Wildman–Crippen LogP) is 2.43. The molecule has 14 heavy (non-hydrogen) atoms. The zero-order valence-corrected chi connectivity index (χ0v) is 8.53. The molecule has 0 saturated carbocycles. The normalized spacial score (nSPS) is 12.6. The fourth-order valence-electron chi connectivity index (χ4n) is 1.05. The monoisotopic (exact) mass is 221 g/mol. The Morgan fingerprint density at radius 3 is 2.50 bits per heavy atom. The number of nitrogens with one attached hydrogen (secondary N) is 1. The van der Waals surface area contributed by atoms with Crippen molar-refractivity contribution in [3.63, 3.8) is 0 Å². The van der Waals surface area contributed by atoms with Gasteiger partial charge in [-0.1, -0.05) is 0 Å². The summed E-state index contributed by atoms with van der Waals surface area (Å²) in [6.07, 6.45) is 0. The lowest BCUT2D eigenvalue weighted by atomic mass is 10.2.